The van der Waals surface area contributed by atoms with E-state index < -0.39 is 40.3 Å². The number of aliphatic hydroxyl groups is 1. The van der Waals surface area contributed by atoms with Gasteiger partial charge in [0.05, 0.1) is 19.3 Å². The third kappa shape index (κ3) is 7.58. The van der Waals surface area contributed by atoms with Crippen LogP contribution in [0.2, 0.25) is 0 Å². The van der Waals surface area contributed by atoms with Gasteiger partial charge in [0.15, 0.2) is 11.5 Å². The highest BCUT2D eigenvalue weighted by molar-refractivity contribution is 14.1. The van der Waals surface area contributed by atoms with Crippen LogP contribution in [0.5, 0.6) is 5.75 Å². The number of esters is 2. The van der Waals surface area contributed by atoms with E-state index >= 15 is 0 Å². The van der Waals surface area contributed by atoms with Gasteiger partial charge in [0.2, 0.25) is 0 Å². The van der Waals surface area contributed by atoms with Crippen LogP contribution in [-0.2, 0) is 32.9 Å². The Bertz CT molecular complexity index is 1070. The fourth-order valence-electron chi connectivity index (χ4n) is 2.23. The van der Waals surface area contributed by atoms with Crippen molar-refractivity contribution < 1.29 is 45.9 Å². The molecule has 0 aliphatic rings. The third-order valence-corrected chi connectivity index (χ3v) is 5.99. The molecule has 0 aliphatic heterocycles. The molecule has 2 aromatic carbocycles. The lowest BCUT2D eigenvalue weighted by Gasteiger charge is -2.14. The Balaban J connectivity index is 2.02. The Labute approximate surface area is 203 Å². The van der Waals surface area contributed by atoms with Gasteiger partial charge in [-0.25, -0.2) is 9.59 Å². The number of rotatable bonds is 8. The Hall–Kier alpha value is -1.43. The summed E-state index contributed by atoms with van der Waals surface area (Å²) in [6, 6.07) is 8.69. The number of alkyl halides is 2. The smallest absolute Gasteiger partial charge is 0.378 e. The summed E-state index contributed by atoms with van der Waals surface area (Å²) < 4.78 is 67.4. The van der Waals surface area contributed by atoms with Crippen LogP contribution in [0.4, 0.5) is 8.78 Å². The minimum absolute atomic E-state index is 0.143. The topological polar surface area (TPSA) is 127 Å². The summed E-state index contributed by atoms with van der Waals surface area (Å²) in [4.78, 5) is 23.7. The maximum absolute atomic E-state index is 13.4. The first-order chi connectivity index (χ1) is 14.3. The van der Waals surface area contributed by atoms with E-state index in [1.54, 1.807) is 12.1 Å². The molecule has 0 aromatic heterocycles. The van der Waals surface area contributed by atoms with Crippen molar-refractivity contribution in [1.82, 2.24) is 0 Å². The molecule has 2 aromatic rings. The first-order valence-electron chi connectivity index (χ1n) is 8.22. The molecule has 0 unspecified atom stereocenters. The molecule has 0 aliphatic carbocycles. The van der Waals surface area contributed by atoms with Gasteiger partial charge in [-0.15, -0.1) is 0 Å². The normalized spacial score (nSPS) is 11.8. The molecule has 31 heavy (non-hydrogen) atoms. The number of hydrogen-bond acceptors (Lipinski definition) is 7. The van der Waals surface area contributed by atoms with Crippen molar-refractivity contribution in [1.29, 1.82) is 0 Å². The molecule has 0 fully saturated rings. The van der Waals surface area contributed by atoms with Crippen molar-refractivity contribution in [2.24, 2.45) is 0 Å². The second-order valence-electron chi connectivity index (χ2n) is 6.14. The van der Waals surface area contributed by atoms with E-state index in [2.05, 4.69) is 4.74 Å². The zero-order chi connectivity index (χ0) is 23.4. The molecular weight excluding hydrogens is 668 g/mol. The number of halogens is 4. The summed E-state index contributed by atoms with van der Waals surface area (Å²) in [6.45, 7) is -0.762. The third-order valence-electron chi connectivity index (χ3n) is 3.66. The number of hydrogen-bond donors (Lipinski definition) is 2. The molecule has 0 radical (unpaired) electrons. The number of ether oxygens (including phenoxy) is 2. The zero-order valence-electron chi connectivity index (χ0n) is 15.3. The highest BCUT2D eigenvalue weighted by Crippen LogP contribution is 2.30. The molecule has 2 N–H and O–H groups in total. The van der Waals surface area contributed by atoms with Gasteiger partial charge in [-0.2, -0.15) is 17.2 Å². The van der Waals surface area contributed by atoms with Crippen LogP contribution in [0.1, 0.15) is 21.5 Å². The number of aliphatic hydroxyl groups excluding tert-OH is 1. The Morgan fingerprint density at radius 2 is 1.58 bits per heavy atom. The molecule has 0 amide bonds. The molecule has 2 rings (SSSR count). The molecule has 0 bridgehead atoms. The van der Waals surface area contributed by atoms with Crippen LogP contribution in [0.3, 0.4) is 0 Å². The monoisotopic (exact) mass is 682 g/mol. The van der Waals surface area contributed by atoms with Crippen molar-refractivity contribution in [2.75, 3.05) is 5.75 Å². The van der Waals surface area contributed by atoms with Crippen LogP contribution in [0.25, 0.3) is 0 Å². The zero-order valence-corrected chi connectivity index (χ0v) is 20.5. The van der Waals surface area contributed by atoms with Crippen molar-refractivity contribution in [3.05, 3.63) is 60.2 Å². The summed E-state index contributed by atoms with van der Waals surface area (Å²) in [5.74, 6) is -8.96. The summed E-state index contributed by atoms with van der Waals surface area (Å²) in [6.07, 6.45) is 0. The fourth-order valence-corrected chi connectivity index (χ4v) is 4.93. The van der Waals surface area contributed by atoms with Gasteiger partial charge >= 0.3 is 17.9 Å². The van der Waals surface area contributed by atoms with Crippen molar-refractivity contribution in [2.45, 2.75) is 19.1 Å². The summed E-state index contributed by atoms with van der Waals surface area (Å²) in [7, 11) is -5.08. The molecule has 0 atom stereocenters. The highest BCUT2D eigenvalue weighted by Gasteiger charge is 2.45. The van der Waals surface area contributed by atoms with Crippen LogP contribution in [-0.4, -0.2) is 41.7 Å². The van der Waals surface area contributed by atoms with Crippen LogP contribution in [0.15, 0.2) is 36.4 Å². The van der Waals surface area contributed by atoms with E-state index in [-0.39, 0.29) is 17.7 Å². The minimum atomic E-state index is -5.08. The quantitative estimate of drug-likeness (QED) is 0.188. The van der Waals surface area contributed by atoms with Crippen LogP contribution >= 0.6 is 45.2 Å². The Morgan fingerprint density at radius 1 is 1.03 bits per heavy atom. The van der Waals surface area contributed by atoms with Crippen LogP contribution < -0.4 is 4.74 Å². The Morgan fingerprint density at radius 3 is 2.06 bits per heavy atom. The first kappa shape index (κ1) is 25.8. The molecule has 8 nitrogen and oxygen atoms in total. The predicted octanol–water partition coefficient (Wildman–Crippen LogP) is 3.17. The van der Waals surface area contributed by atoms with Gasteiger partial charge in [-0.1, -0.05) is 12.1 Å². The second kappa shape index (κ2) is 10.5. The highest BCUT2D eigenvalue weighted by atomic mass is 127. The number of carbonyl (C=O) groups excluding carboxylic acids is 2. The van der Waals surface area contributed by atoms with Gasteiger partial charge in [0.25, 0.3) is 10.1 Å². The molecule has 168 valence electrons. The molecule has 0 saturated heterocycles. The fraction of sp³-hybridized carbons (Fsp3) is 0.222. The molecule has 0 spiro atoms. The van der Waals surface area contributed by atoms with Gasteiger partial charge < -0.3 is 14.6 Å². The maximum Gasteiger partial charge on any atom is 0.378 e. The average molecular weight is 682 g/mol. The molecule has 0 heterocycles. The predicted molar refractivity (Wildman–Crippen MR) is 120 cm³/mol. The lowest BCUT2D eigenvalue weighted by atomic mass is 10.1. The van der Waals surface area contributed by atoms with Gasteiger partial charge in [0, 0.05) is 0 Å². The van der Waals surface area contributed by atoms with Crippen LogP contribution in [0, 0.1) is 7.14 Å². The summed E-state index contributed by atoms with van der Waals surface area (Å²) in [5.41, 5.74) is 1.06. The van der Waals surface area contributed by atoms with Gasteiger partial charge in [-0.05, 0) is 80.6 Å². The SMILES string of the molecule is O=C(Oc1c(I)cc(CO)cc1I)c1ccc(COC(=O)C(F)(F)CS(=O)(=O)O)cc1. The van der Waals surface area contributed by atoms with Gasteiger partial charge in [0.1, 0.15) is 6.61 Å². The standard InChI is InChI=1S/C18H14F2I2O8S/c19-18(20,9-31(26,27)28)17(25)29-8-10-1-3-12(4-2-10)16(24)30-15-13(21)5-11(7-23)6-14(15)22/h1-6,23H,7-9H2,(H,26,27,28). The lowest BCUT2D eigenvalue weighted by Crippen LogP contribution is -2.37. The summed E-state index contributed by atoms with van der Waals surface area (Å²) in [5, 5.41) is 9.21. The van der Waals surface area contributed by atoms with Crippen molar-refractivity contribution in [3.8, 4) is 5.75 Å². The largest absolute Gasteiger partial charge is 0.456 e. The van der Waals surface area contributed by atoms with Gasteiger partial charge in [-0.3, -0.25) is 4.55 Å². The lowest BCUT2D eigenvalue weighted by molar-refractivity contribution is -0.170. The maximum atomic E-state index is 13.4. The second-order valence-corrected chi connectivity index (χ2v) is 9.92. The van der Waals surface area contributed by atoms with E-state index in [9.17, 15) is 31.9 Å². The number of benzene rings is 2. The minimum Gasteiger partial charge on any atom is -0.456 e. The molecule has 13 heteroatoms. The first-order valence-corrected chi connectivity index (χ1v) is 12.0. The molecular formula is C18H14F2I2O8S. The van der Waals surface area contributed by atoms with E-state index in [4.69, 9.17) is 9.29 Å². The molecule has 0 saturated carbocycles. The van der Waals surface area contributed by atoms with Crippen molar-refractivity contribution in [3.63, 3.8) is 0 Å². The van der Waals surface area contributed by atoms with E-state index in [0.29, 0.717) is 18.5 Å². The number of carbonyl (C=O) groups is 2. The van der Waals surface area contributed by atoms with E-state index in [1.165, 1.54) is 24.3 Å². The summed E-state index contributed by atoms with van der Waals surface area (Å²) >= 11 is 3.94. The van der Waals surface area contributed by atoms with Crippen molar-refractivity contribution >= 4 is 67.2 Å². The average Bonchev–Trinajstić information content (AvgIpc) is 2.67. The Kier molecular flexibility index (Phi) is 8.71. The van der Waals surface area contributed by atoms with E-state index in [1.807, 2.05) is 45.2 Å². The van der Waals surface area contributed by atoms with E-state index in [0.717, 1.165) is 0 Å².